The van der Waals surface area contributed by atoms with Crippen LogP contribution in [0.25, 0.3) is 11.1 Å². The first kappa shape index (κ1) is 30.9. The number of aromatic hydroxyl groups is 2. The SMILES string of the molecule is COC(=O)[C@]1([C@@H]2C[C@H](C)C(=O)O2)CC(=O)c2c(ccc(-c3ccc(O)c4c3O[C@@](C(=O)OC)([C@H]3OC(=O)C[C@H]3C)CC4=O)c2O)O1. The molecule has 0 aliphatic carbocycles. The Hall–Kier alpha value is -5.14. The molecular weight excluding hydrogens is 608 g/mol. The summed E-state index contributed by atoms with van der Waals surface area (Å²) >= 11 is 0. The van der Waals surface area contributed by atoms with Crippen LogP contribution in [0.2, 0.25) is 0 Å². The van der Waals surface area contributed by atoms with E-state index in [1.54, 1.807) is 13.8 Å². The second-order valence-electron chi connectivity index (χ2n) is 12.0. The first-order valence-electron chi connectivity index (χ1n) is 14.5. The van der Waals surface area contributed by atoms with Gasteiger partial charge in [-0.3, -0.25) is 19.2 Å². The van der Waals surface area contributed by atoms with Gasteiger partial charge in [-0.25, -0.2) is 9.59 Å². The van der Waals surface area contributed by atoms with Gasteiger partial charge in [0, 0.05) is 23.5 Å². The Morgan fingerprint density at radius 1 is 0.826 bits per heavy atom. The monoisotopic (exact) mass is 638 g/mol. The molecule has 2 N–H and O–H groups in total. The van der Waals surface area contributed by atoms with Crippen molar-refractivity contribution in [1.29, 1.82) is 0 Å². The number of carbonyl (C=O) groups is 6. The zero-order chi connectivity index (χ0) is 33.3. The average molecular weight is 639 g/mol. The van der Waals surface area contributed by atoms with Gasteiger partial charge in [0.15, 0.2) is 23.8 Å². The van der Waals surface area contributed by atoms with E-state index in [2.05, 4.69) is 0 Å². The molecule has 6 atom stereocenters. The van der Waals surface area contributed by atoms with Crippen molar-refractivity contribution in [3.63, 3.8) is 0 Å². The zero-order valence-electron chi connectivity index (χ0n) is 25.2. The van der Waals surface area contributed by atoms with Gasteiger partial charge in [0.1, 0.15) is 34.1 Å². The van der Waals surface area contributed by atoms with Gasteiger partial charge in [-0.2, -0.15) is 0 Å². The first-order valence-corrected chi connectivity index (χ1v) is 14.5. The number of carbonyl (C=O) groups excluding carboxylic acids is 6. The molecular formula is C32H30O14. The number of cyclic esters (lactones) is 2. The molecule has 4 heterocycles. The highest BCUT2D eigenvalue weighted by atomic mass is 16.6. The third kappa shape index (κ3) is 4.37. The summed E-state index contributed by atoms with van der Waals surface area (Å²) in [6, 6.07) is 5.13. The molecule has 0 radical (unpaired) electrons. The van der Waals surface area contributed by atoms with E-state index >= 15 is 0 Å². The second kappa shape index (κ2) is 10.7. The van der Waals surface area contributed by atoms with Crippen LogP contribution in [0.15, 0.2) is 24.3 Å². The Bertz CT molecular complexity index is 1730. The van der Waals surface area contributed by atoms with Crippen LogP contribution in [0.4, 0.5) is 0 Å². The minimum absolute atomic E-state index is 0.00237. The molecule has 0 unspecified atom stereocenters. The van der Waals surface area contributed by atoms with Crippen molar-refractivity contribution >= 4 is 35.4 Å². The maximum atomic E-state index is 13.7. The van der Waals surface area contributed by atoms with Crippen molar-refractivity contribution in [2.24, 2.45) is 11.8 Å². The topological polar surface area (TPSA) is 198 Å². The van der Waals surface area contributed by atoms with E-state index in [1.165, 1.54) is 24.3 Å². The molecule has 0 spiro atoms. The van der Waals surface area contributed by atoms with Gasteiger partial charge in [-0.1, -0.05) is 13.8 Å². The molecule has 2 fully saturated rings. The molecule has 46 heavy (non-hydrogen) atoms. The van der Waals surface area contributed by atoms with Gasteiger partial charge in [0.05, 0.1) is 39.4 Å². The third-order valence-corrected chi connectivity index (χ3v) is 9.08. The Balaban J connectivity index is 1.47. The average Bonchev–Trinajstić information content (AvgIpc) is 3.55. The fraction of sp³-hybridized carbons (Fsp3) is 0.438. The maximum Gasteiger partial charge on any atom is 0.354 e. The van der Waals surface area contributed by atoms with E-state index in [0.29, 0.717) is 0 Å². The van der Waals surface area contributed by atoms with Gasteiger partial charge < -0.3 is 38.6 Å². The number of methoxy groups -OCH3 is 2. The van der Waals surface area contributed by atoms with E-state index in [4.69, 9.17) is 28.4 Å². The largest absolute Gasteiger partial charge is 0.507 e. The Morgan fingerprint density at radius 2 is 1.46 bits per heavy atom. The number of ether oxygens (including phenoxy) is 6. The maximum absolute atomic E-state index is 13.7. The standard InChI is InChI=1S/C32H30O14/c1-13-10-22(36)44-27(13)32(30(40)42-4)12-18(34)23-17(33)7-5-16(26(23)46-32)15-6-8-20-24(25(15)37)19(35)11-31(45-20,29(39)41-3)21-9-14(2)28(38)43-21/h5-8,13-14,21,27,33,37H,9-12H2,1-4H3/t13-,14+,21+,27+,31-,32-/m1/s1. The summed E-state index contributed by atoms with van der Waals surface area (Å²) < 4.78 is 33.0. The summed E-state index contributed by atoms with van der Waals surface area (Å²) in [7, 11) is 2.19. The molecule has 242 valence electrons. The van der Waals surface area contributed by atoms with Crippen molar-refractivity contribution in [3.8, 4) is 34.1 Å². The van der Waals surface area contributed by atoms with Crippen molar-refractivity contribution in [2.75, 3.05) is 14.2 Å². The van der Waals surface area contributed by atoms with Crippen LogP contribution in [0, 0.1) is 11.8 Å². The predicted molar refractivity (Wildman–Crippen MR) is 151 cm³/mol. The zero-order valence-corrected chi connectivity index (χ0v) is 25.2. The van der Waals surface area contributed by atoms with Crippen LogP contribution in [-0.4, -0.2) is 83.3 Å². The number of esters is 4. The molecule has 0 saturated carbocycles. The van der Waals surface area contributed by atoms with Crippen LogP contribution in [0.3, 0.4) is 0 Å². The molecule has 0 amide bonds. The van der Waals surface area contributed by atoms with Gasteiger partial charge in [-0.15, -0.1) is 0 Å². The van der Waals surface area contributed by atoms with Crippen LogP contribution in [0.5, 0.6) is 23.0 Å². The second-order valence-corrected chi connectivity index (χ2v) is 12.0. The lowest BCUT2D eigenvalue weighted by molar-refractivity contribution is -0.178. The lowest BCUT2D eigenvalue weighted by Crippen LogP contribution is -2.59. The normalized spacial score (nSPS) is 29.9. The fourth-order valence-electron chi connectivity index (χ4n) is 6.81. The number of hydrogen-bond donors (Lipinski definition) is 2. The number of Topliss-reactive ketones (excluding diaryl/α,β-unsaturated/α-hetero) is 2. The van der Waals surface area contributed by atoms with Crippen LogP contribution in [0.1, 0.15) is 60.2 Å². The smallest absolute Gasteiger partial charge is 0.354 e. The quantitative estimate of drug-likeness (QED) is 0.357. The van der Waals surface area contributed by atoms with Crippen LogP contribution < -0.4 is 9.47 Å². The van der Waals surface area contributed by atoms with E-state index in [0.717, 1.165) is 14.2 Å². The molecule has 2 aromatic carbocycles. The van der Waals surface area contributed by atoms with Gasteiger partial charge in [0.25, 0.3) is 0 Å². The summed E-state index contributed by atoms with van der Waals surface area (Å²) in [5.41, 5.74) is -4.78. The Morgan fingerprint density at radius 3 is 2.07 bits per heavy atom. The van der Waals surface area contributed by atoms with E-state index in [-0.39, 0.29) is 46.6 Å². The van der Waals surface area contributed by atoms with E-state index in [1.807, 2.05) is 0 Å². The van der Waals surface area contributed by atoms with Gasteiger partial charge in [-0.05, 0) is 24.3 Å². The molecule has 0 bridgehead atoms. The lowest BCUT2D eigenvalue weighted by atomic mass is 9.79. The molecule has 14 heteroatoms. The number of ketones is 2. The molecule has 0 aromatic heterocycles. The number of fused-ring (bicyclic) bond motifs is 2. The summed E-state index contributed by atoms with van der Waals surface area (Å²) in [6.45, 7) is 3.26. The van der Waals surface area contributed by atoms with Gasteiger partial charge in [0.2, 0.25) is 11.2 Å². The summed E-state index contributed by atoms with van der Waals surface area (Å²) in [5.74, 6) is -7.26. The molecule has 4 aliphatic heterocycles. The highest BCUT2D eigenvalue weighted by Crippen LogP contribution is 2.52. The van der Waals surface area contributed by atoms with E-state index in [9.17, 15) is 39.0 Å². The third-order valence-electron chi connectivity index (χ3n) is 9.08. The number of rotatable bonds is 5. The fourth-order valence-corrected chi connectivity index (χ4v) is 6.81. The number of phenolic OH excluding ortho intramolecular Hbond substituents is 2. The number of phenols is 2. The van der Waals surface area contributed by atoms with Crippen molar-refractivity contribution in [3.05, 3.63) is 35.4 Å². The highest BCUT2D eigenvalue weighted by molar-refractivity contribution is 6.10. The molecule has 4 aliphatic rings. The summed E-state index contributed by atoms with van der Waals surface area (Å²) in [4.78, 5) is 77.9. The molecule has 2 saturated heterocycles. The lowest BCUT2D eigenvalue weighted by Gasteiger charge is -2.40. The molecule has 14 nitrogen and oxygen atoms in total. The minimum atomic E-state index is -2.12. The van der Waals surface area contributed by atoms with Crippen molar-refractivity contribution in [2.45, 2.75) is 62.9 Å². The van der Waals surface area contributed by atoms with Crippen LogP contribution >= 0.6 is 0 Å². The van der Waals surface area contributed by atoms with Crippen molar-refractivity contribution < 1.29 is 67.4 Å². The van der Waals surface area contributed by atoms with Crippen LogP contribution in [-0.2, 0) is 38.1 Å². The molecule has 6 rings (SSSR count). The Kier molecular flexibility index (Phi) is 7.21. The number of hydrogen-bond acceptors (Lipinski definition) is 14. The molecule has 2 aromatic rings. The van der Waals surface area contributed by atoms with Gasteiger partial charge >= 0.3 is 23.9 Å². The summed E-state index contributed by atoms with van der Waals surface area (Å²) in [5, 5.41) is 22.2. The Labute approximate surface area is 261 Å². The van der Waals surface area contributed by atoms with Crippen molar-refractivity contribution in [1.82, 2.24) is 0 Å². The number of benzene rings is 2. The minimum Gasteiger partial charge on any atom is -0.507 e. The predicted octanol–water partition coefficient (Wildman–Crippen LogP) is 2.42. The first-order chi connectivity index (χ1) is 21.8. The summed E-state index contributed by atoms with van der Waals surface area (Å²) in [6.07, 6.45) is -3.56. The van der Waals surface area contributed by atoms with E-state index < -0.39 is 95.0 Å². The highest BCUT2D eigenvalue weighted by Gasteiger charge is 2.61.